The Labute approximate surface area is 170 Å². The van der Waals surface area contributed by atoms with Gasteiger partial charge in [-0.1, -0.05) is 42.5 Å². The van der Waals surface area contributed by atoms with Gasteiger partial charge in [0.25, 0.3) is 0 Å². The number of rotatable bonds is 4. The monoisotopic (exact) mass is 383 g/mol. The first kappa shape index (κ1) is 18.8. The van der Waals surface area contributed by atoms with Gasteiger partial charge in [0.1, 0.15) is 5.75 Å². The maximum Gasteiger partial charge on any atom is 0.176 e. The summed E-state index contributed by atoms with van der Waals surface area (Å²) < 4.78 is 5.52. The zero-order valence-electron chi connectivity index (χ0n) is 16.4. The van der Waals surface area contributed by atoms with E-state index in [0.29, 0.717) is 6.61 Å². The molecular weight excluding hydrogens is 362 g/mol. The molecule has 2 aromatic rings. The number of hydrogen-bond donors (Lipinski definition) is 0. The minimum absolute atomic E-state index is 0.0636. The van der Waals surface area contributed by atoms with Crippen LogP contribution in [0.15, 0.2) is 54.6 Å². The van der Waals surface area contributed by atoms with Crippen molar-refractivity contribution in [2.45, 2.75) is 31.8 Å². The molecule has 5 heteroatoms. The highest BCUT2D eigenvalue weighted by Gasteiger charge is 2.62. The SMILES string of the molecule is CCOc1ccc([C@H]2[C@H](C(C)=O)N3c4ccccc4C=C[C@H]3C2(C#N)C#N)cc1. The molecule has 4 rings (SSSR count). The van der Waals surface area contributed by atoms with Crippen LogP contribution in [0.4, 0.5) is 5.69 Å². The highest BCUT2D eigenvalue weighted by molar-refractivity contribution is 5.91. The summed E-state index contributed by atoms with van der Waals surface area (Å²) in [7, 11) is 0. The fraction of sp³-hybridized carbons (Fsp3) is 0.292. The summed E-state index contributed by atoms with van der Waals surface area (Å²) >= 11 is 0. The van der Waals surface area contributed by atoms with Crippen molar-refractivity contribution < 1.29 is 9.53 Å². The summed E-state index contributed by atoms with van der Waals surface area (Å²) in [5.74, 6) is 0.0777. The molecule has 29 heavy (non-hydrogen) atoms. The number of hydrogen-bond acceptors (Lipinski definition) is 5. The topological polar surface area (TPSA) is 77.1 Å². The standard InChI is InChI=1S/C24H21N3O2/c1-3-29-19-11-8-18(9-12-19)22-23(16(2)28)27-20-7-5-4-6-17(20)10-13-21(27)24(22,14-25)15-26/h4-13,21-23H,3H2,1-2H3/t21-,22-,23-/m0/s1. The van der Waals surface area contributed by atoms with Crippen molar-refractivity contribution in [3.05, 3.63) is 65.7 Å². The lowest BCUT2D eigenvalue weighted by Gasteiger charge is -2.35. The van der Waals surface area contributed by atoms with Crippen LogP contribution in [0.5, 0.6) is 5.75 Å². The molecule has 0 radical (unpaired) electrons. The van der Waals surface area contributed by atoms with E-state index in [1.54, 1.807) is 0 Å². The van der Waals surface area contributed by atoms with Crippen LogP contribution in [-0.4, -0.2) is 24.5 Å². The zero-order chi connectivity index (χ0) is 20.6. The number of para-hydroxylation sites is 1. The first-order valence-electron chi connectivity index (χ1n) is 9.68. The molecule has 0 aromatic heterocycles. The molecule has 0 N–H and O–H groups in total. The number of nitrogens with zero attached hydrogens (tertiary/aromatic N) is 3. The van der Waals surface area contributed by atoms with Crippen molar-refractivity contribution in [1.29, 1.82) is 10.5 Å². The molecule has 2 aromatic carbocycles. The molecule has 0 aliphatic carbocycles. The minimum Gasteiger partial charge on any atom is -0.494 e. The van der Waals surface area contributed by atoms with Gasteiger partial charge in [0.05, 0.1) is 30.8 Å². The number of Topliss-reactive ketones (excluding diaryl/α,β-unsaturated/α-hetero) is 1. The summed E-state index contributed by atoms with van der Waals surface area (Å²) in [6, 6.07) is 18.6. The number of carbonyl (C=O) groups is 1. The molecule has 0 spiro atoms. The Morgan fingerprint density at radius 2 is 1.83 bits per heavy atom. The van der Waals surface area contributed by atoms with E-state index in [1.807, 2.05) is 72.5 Å². The Morgan fingerprint density at radius 3 is 2.45 bits per heavy atom. The third kappa shape index (κ3) is 2.70. The number of benzene rings is 2. The normalized spacial score (nSPS) is 23.4. The van der Waals surface area contributed by atoms with Crippen molar-refractivity contribution in [3.8, 4) is 17.9 Å². The Hall–Kier alpha value is -3.57. The Kier molecular flexibility index (Phi) is 4.60. The van der Waals surface area contributed by atoms with Gasteiger partial charge in [0.15, 0.2) is 11.2 Å². The predicted octanol–water partition coefficient (Wildman–Crippen LogP) is 4.08. The fourth-order valence-electron chi connectivity index (χ4n) is 4.70. The zero-order valence-corrected chi connectivity index (χ0v) is 16.4. The maximum absolute atomic E-state index is 12.9. The highest BCUT2D eigenvalue weighted by atomic mass is 16.5. The molecule has 0 unspecified atom stereocenters. The van der Waals surface area contributed by atoms with Gasteiger partial charge in [-0.25, -0.2) is 0 Å². The lowest BCUT2D eigenvalue weighted by Crippen LogP contribution is -2.43. The molecule has 2 aliphatic rings. The average molecular weight is 383 g/mol. The largest absolute Gasteiger partial charge is 0.494 e. The first-order chi connectivity index (χ1) is 14.1. The summed E-state index contributed by atoms with van der Waals surface area (Å²) in [6.45, 7) is 4.00. The molecule has 2 heterocycles. The predicted molar refractivity (Wildman–Crippen MR) is 110 cm³/mol. The summed E-state index contributed by atoms with van der Waals surface area (Å²) in [6.07, 6.45) is 3.83. The van der Waals surface area contributed by atoms with Crippen LogP contribution in [-0.2, 0) is 4.79 Å². The summed E-state index contributed by atoms with van der Waals surface area (Å²) in [5, 5.41) is 20.4. The smallest absolute Gasteiger partial charge is 0.176 e. The third-order valence-corrected chi connectivity index (χ3v) is 5.88. The van der Waals surface area contributed by atoms with Crippen LogP contribution < -0.4 is 9.64 Å². The van der Waals surface area contributed by atoms with E-state index < -0.39 is 23.4 Å². The molecule has 1 saturated heterocycles. The number of carbonyl (C=O) groups excluding carboxylic acids is 1. The average Bonchev–Trinajstić information content (AvgIpc) is 3.06. The first-order valence-corrected chi connectivity index (χ1v) is 9.68. The quantitative estimate of drug-likeness (QED) is 0.795. The van der Waals surface area contributed by atoms with Gasteiger partial charge in [-0.2, -0.15) is 10.5 Å². The minimum atomic E-state index is -1.38. The molecule has 0 amide bonds. The Bertz CT molecular complexity index is 1040. The molecule has 144 valence electrons. The Balaban J connectivity index is 1.92. The van der Waals surface area contributed by atoms with E-state index in [0.717, 1.165) is 22.6 Å². The second kappa shape index (κ2) is 7.11. The van der Waals surface area contributed by atoms with Gasteiger partial charge < -0.3 is 9.64 Å². The van der Waals surface area contributed by atoms with E-state index in [4.69, 9.17) is 4.74 Å². The van der Waals surface area contributed by atoms with Crippen LogP contribution in [0, 0.1) is 28.1 Å². The molecule has 1 fully saturated rings. The lowest BCUT2D eigenvalue weighted by molar-refractivity contribution is -0.118. The molecule has 3 atom stereocenters. The van der Waals surface area contributed by atoms with E-state index in [1.165, 1.54) is 6.92 Å². The van der Waals surface area contributed by atoms with Gasteiger partial charge in [-0.3, -0.25) is 4.79 Å². The van der Waals surface area contributed by atoms with Crippen LogP contribution in [0.2, 0.25) is 0 Å². The van der Waals surface area contributed by atoms with Gasteiger partial charge in [0.2, 0.25) is 0 Å². The van der Waals surface area contributed by atoms with Crippen LogP contribution >= 0.6 is 0 Å². The lowest BCUT2D eigenvalue weighted by atomic mass is 9.69. The van der Waals surface area contributed by atoms with Gasteiger partial charge in [-0.05, 0) is 43.2 Å². The second-order valence-electron chi connectivity index (χ2n) is 7.40. The van der Waals surface area contributed by atoms with Crippen molar-refractivity contribution >= 4 is 17.5 Å². The fourth-order valence-corrected chi connectivity index (χ4v) is 4.70. The van der Waals surface area contributed by atoms with Gasteiger partial charge >= 0.3 is 0 Å². The molecule has 0 bridgehead atoms. The molecule has 2 aliphatic heterocycles. The number of ether oxygens (including phenoxy) is 1. The van der Waals surface area contributed by atoms with Crippen molar-refractivity contribution in [2.75, 3.05) is 11.5 Å². The second-order valence-corrected chi connectivity index (χ2v) is 7.40. The highest BCUT2D eigenvalue weighted by Crippen LogP contribution is 2.55. The third-order valence-electron chi connectivity index (χ3n) is 5.88. The van der Waals surface area contributed by atoms with Crippen molar-refractivity contribution in [2.24, 2.45) is 5.41 Å². The number of fused-ring (bicyclic) bond motifs is 3. The van der Waals surface area contributed by atoms with Crippen molar-refractivity contribution in [1.82, 2.24) is 0 Å². The van der Waals surface area contributed by atoms with Crippen molar-refractivity contribution in [3.63, 3.8) is 0 Å². The van der Waals surface area contributed by atoms with Gasteiger partial charge in [-0.15, -0.1) is 0 Å². The van der Waals surface area contributed by atoms with Crippen LogP contribution in [0.1, 0.15) is 30.9 Å². The number of anilines is 1. The van der Waals surface area contributed by atoms with Crippen LogP contribution in [0.25, 0.3) is 6.08 Å². The molecular formula is C24H21N3O2. The number of nitriles is 2. The molecule has 0 saturated carbocycles. The van der Waals surface area contributed by atoms with E-state index >= 15 is 0 Å². The molecule has 5 nitrogen and oxygen atoms in total. The van der Waals surface area contributed by atoms with Crippen LogP contribution in [0.3, 0.4) is 0 Å². The summed E-state index contributed by atoms with van der Waals surface area (Å²) in [5.41, 5.74) is 1.26. The number of ketones is 1. The van der Waals surface area contributed by atoms with E-state index in [-0.39, 0.29) is 5.78 Å². The summed E-state index contributed by atoms with van der Waals surface area (Å²) in [4.78, 5) is 14.8. The maximum atomic E-state index is 12.9. The van der Waals surface area contributed by atoms with E-state index in [9.17, 15) is 15.3 Å². The van der Waals surface area contributed by atoms with Gasteiger partial charge in [0, 0.05) is 11.6 Å². The van der Waals surface area contributed by atoms with E-state index in [2.05, 4.69) is 12.1 Å². The Morgan fingerprint density at radius 1 is 1.14 bits per heavy atom.